The Hall–Kier alpha value is -2.93. The summed E-state index contributed by atoms with van der Waals surface area (Å²) in [6.07, 6.45) is 0. The number of carbonyl (C=O) groups excluding carboxylic acids is 2. The molecule has 6 nitrogen and oxygen atoms in total. The average Bonchev–Trinajstić information content (AvgIpc) is 3.22. The number of hydrogen-bond donors (Lipinski definition) is 0. The number of rotatable bonds is 6. The van der Waals surface area contributed by atoms with Gasteiger partial charge < -0.3 is 9.64 Å². The van der Waals surface area contributed by atoms with E-state index in [1.807, 2.05) is 55.6 Å². The maximum Gasteiger partial charge on any atom is 0.342 e. The van der Waals surface area contributed by atoms with Gasteiger partial charge in [0.2, 0.25) is 0 Å². The number of ether oxygens (including phenoxy) is 1. The molecule has 0 N–H and O–H groups in total. The number of amides is 1. The standard InChI is InChI=1S/C21H23N3O3S/c1-14-10-11-28-18(14)12-23(4)19(25)13-27-21(26)20-15(2)22-24(16(20)3)17-8-6-5-7-9-17/h5-11H,12-13H2,1-4H3. The summed E-state index contributed by atoms with van der Waals surface area (Å²) in [5.41, 5.74) is 3.67. The lowest BCUT2D eigenvalue weighted by molar-refractivity contribution is -0.133. The number of para-hydroxylation sites is 1. The monoisotopic (exact) mass is 397 g/mol. The second-order valence-corrected chi connectivity index (χ2v) is 7.65. The van der Waals surface area contributed by atoms with Crippen molar-refractivity contribution in [3.63, 3.8) is 0 Å². The summed E-state index contributed by atoms with van der Waals surface area (Å²) in [5.74, 6) is -0.779. The molecule has 0 bridgehead atoms. The van der Waals surface area contributed by atoms with Gasteiger partial charge in [-0.3, -0.25) is 4.79 Å². The fourth-order valence-electron chi connectivity index (χ4n) is 2.94. The molecule has 0 atom stereocenters. The summed E-state index contributed by atoms with van der Waals surface area (Å²) < 4.78 is 7.00. The Balaban J connectivity index is 1.66. The van der Waals surface area contributed by atoms with Crippen LogP contribution in [0.1, 0.15) is 32.2 Å². The average molecular weight is 398 g/mol. The second kappa shape index (κ2) is 8.39. The minimum Gasteiger partial charge on any atom is -0.452 e. The fraction of sp³-hybridized carbons (Fsp3) is 0.286. The molecule has 0 fully saturated rings. The number of nitrogens with zero attached hydrogens (tertiary/aromatic N) is 3. The van der Waals surface area contributed by atoms with Crippen molar-refractivity contribution in [2.24, 2.45) is 0 Å². The predicted octanol–water partition coefficient (Wildman–Crippen LogP) is 3.67. The van der Waals surface area contributed by atoms with Crippen molar-refractivity contribution < 1.29 is 14.3 Å². The molecule has 0 spiro atoms. The Bertz CT molecular complexity index is 992. The van der Waals surface area contributed by atoms with E-state index in [1.165, 1.54) is 0 Å². The van der Waals surface area contributed by atoms with Gasteiger partial charge in [0.25, 0.3) is 5.91 Å². The van der Waals surface area contributed by atoms with Gasteiger partial charge in [0, 0.05) is 11.9 Å². The van der Waals surface area contributed by atoms with Crippen LogP contribution in [0.5, 0.6) is 0 Å². The first kappa shape index (κ1) is 19.8. The van der Waals surface area contributed by atoms with Crippen molar-refractivity contribution in [2.75, 3.05) is 13.7 Å². The number of aryl methyl sites for hydroxylation is 2. The minimum absolute atomic E-state index is 0.244. The molecule has 0 saturated heterocycles. The SMILES string of the molecule is Cc1ccsc1CN(C)C(=O)COC(=O)c1c(C)nn(-c2ccccc2)c1C. The van der Waals surface area contributed by atoms with E-state index in [4.69, 9.17) is 4.74 Å². The van der Waals surface area contributed by atoms with Crippen molar-refractivity contribution >= 4 is 23.2 Å². The first-order valence-electron chi connectivity index (χ1n) is 8.94. The van der Waals surface area contributed by atoms with Crippen LogP contribution in [0, 0.1) is 20.8 Å². The van der Waals surface area contributed by atoms with Crippen LogP contribution in [0.4, 0.5) is 0 Å². The molecular formula is C21H23N3O3S. The van der Waals surface area contributed by atoms with E-state index in [-0.39, 0.29) is 12.5 Å². The summed E-state index contributed by atoms with van der Waals surface area (Å²) in [5, 5.41) is 6.44. The third kappa shape index (κ3) is 4.14. The molecule has 2 aromatic heterocycles. The van der Waals surface area contributed by atoms with Crippen LogP contribution in [0.25, 0.3) is 5.69 Å². The van der Waals surface area contributed by atoms with E-state index in [0.29, 0.717) is 23.5 Å². The molecule has 0 aliphatic carbocycles. The third-order valence-corrected chi connectivity index (χ3v) is 5.61. The molecule has 0 aliphatic rings. The normalized spacial score (nSPS) is 10.7. The van der Waals surface area contributed by atoms with Crippen LogP contribution in [0.3, 0.4) is 0 Å². The minimum atomic E-state index is -0.536. The Labute approximate surface area is 168 Å². The Morgan fingerprint density at radius 3 is 2.50 bits per heavy atom. The lowest BCUT2D eigenvalue weighted by Crippen LogP contribution is -2.30. The number of benzene rings is 1. The van der Waals surface area contributed by atoms with Crippen molar-refractivity contribution in [1.29, 1.82) is 0 Å². The van der Waals surface area contributed by atoms with Gasteiger partial charge in [0.15, 0.2) is 6.61 Å². The smallest absolute Gasteiger partial charge is 0.342 e. The van der Waals surface area contributed by atoms with Gasteiger partial charge in [-0.1, -0.05) is 18.2 Å². The van der Waals surface area contributed by atoms with Crippen molar-refractivity contribution in [3.8, 4) is 5.69 Å². The van der Waals surface area contributed by atoms with Crippen LogP contribution in [0.15, 0.2) is 41.8 Å². The Morgan fingerprint density at radius 2 is 1.86 bits per heavy atom. The van der Waals surface area contributed by atoms with Crippen LogP contribution in [-0.4, -0.2) is 40.2 Å². The van der Waals surface area contributed by atoms with E-state index in [2.05, 4.69) is 5.10 Å². The summed E-state index contributed by atoms with van der Waals surface area (Å²) in [7, 11) is 1.71. The van der Waals surface area contributed by atoms with Crippen LogP contribution < -0.4 is 0 Å². The molecule has 2 heterocycles. The molecule has 3 aromatic rings. The zero-order valence-electron chi connectivity index (χ0n) is 16.4. The topological polar surface area (TPSA) is 64.4 Å². The zero-order valence-corrected chi connectivity index (χ0v) is 17.2. The van der Waals surface area contributed by atoms with E-state index >= 15 is 0 Å². The summed E-state index contributed by atoms with van der Waals surface area (Å²) in [6.45, 7) is 5.80. The maximum atomic E-state index is 12.6. The van der Waals surface area contributed by atoms with Crippen LogP contribution in [-0.2, 0) is 16.1 Å². The highest BCUT2D eigenvalue weighted by atomic mass is 32.1. The van der Waals surface area contributed by atoms with Crippen molar-refractivity contribution in [1.82, 2.24) is 14.7 Å². The third-order valence-electron chi connectivity index (χ3n) is 4.60. The predicted molar refractivity (Wildman–Crippen MR) is 109 cm³/mol. The molecule has 1 amide bonds. The van der Waals surface area contributed by atoms with Gasteiger partial charge in [-0.05, 0) is 49.9 Å². The van der Waals surface area contributed by atoms with Crippen molar-refractivity contribution in [2.45, 2.75) is 27.3 Å². The lowest BCUT2D eigenvalue weighted by atomic mass is 10.2. The van der Waals surface area contributed by atoms with Crippen LogP contribution in [0.2, 0.25) is 0 Å². The van der Waals surface area contributed by atoms with E-state index < -0.39 is 5.97 Å². The Morgan fingerprint density at radius 1 is 1.14 bits per heavy atom. The number of likely N-dealkylation sites (N-methyl/N-ethyl adjacent to an activating group) is 1. The highest BCUT2D eigenvalue weighted by Gasteiger charge is 2.22. The quantitative estimate of drug-likeness (QED) is 0.595. The zero-order chi connectivity index (χ0) is 20.3. The molecule has 3 rings (SSSR count). The van der Waals surface area contributed by atoms with E-state index in [0.717, 1.165) is 16.1 Å². The lowest BCUT2D eigenvalue weighted by Gasteiger charge is -2.16. The molecule has 0 radical (unpaired) electrons. The largest absolute Gasteiger partial charge is 0.452 e. The summed E-state index contributed by atoms with van der Waals surface area (Å²) >= 11 is 1.61. The molecule has 146 valence electrons. The van der Waals surface area contributed by atoms with Gasteiger partial charge in [0.05, 0.1) is 23.6 Å². The number of carbonyl (C=O) groups is 2. The number of thiophene rings is 1. The first-order valence-corrected chi connectivity index (χ1v) is 9.82. The van der Waals surface area contributed by atoms with Gasteiger partial charge in [-0.2, -0.15) is 5.10 Å². The van der Waals surface area contributed by atoms with Gasteiger partial charge in [-0.25, -0.2) is 9.48 Å². The van der Waals surface area contributed by atoms with Crippen LogP contribution >= 0.6 is 11.3 Å². The second-order valence-electron chi connectivity index (χ2n) is 6.65. The van der Waals surface area contributed by atoms with E-state index in [1.54, 1.807) is 34.9 Å². The van der Waals surface area contributed by atoms with Gasteiger partial charge >= 0.3 is 5.97 Å². The van der Waals surface area contributed by atoms with Gasteiger partial charge in [0.1, 0.15) is 5.56 Å². The Kier molecular flexibility index (Phi) is 5.94. The molecule has 0 saturated carbocycles. The highest BCUT2D eigenvalue weighted by Crippen LogP contribution is 2.19. The molecule has 7 heteroatoms. The summed E-state index contributed by atoms with van der Waals surface area (Å²) in [4.78, 5) is 27.6. The first-order chi connectivity index (χ1) is 13.4. The fourth-order valence-corrected chi connectivity index (χ4v) is 3.90. The van der Waals surface area contributed by atoms with E-state index in [9.17, 15) is 9.59 Å². The molecule has 28 heavy (non-hydrogen) atoms. The molecule has 1 aromatic carbocycles. The number of hydrogen-bond acceptors (Lipinski definition) is 5. The van der Waals surface area contributed by atoms with Gasteiger partial charge in [-0.15, -0.1) is 11.3 Å². The highest BCUT2D eigenvalue weighted by molar-refractivity contribution is 7.10. The molecule has 0 aliphatic heterocycles. The number of aromatic nitrogens is 2. The van der Waals surface area contributed by atoms with Crippen molar-refractivity contribution in [3.05, 3.63) is 69.2 Å². The maximum absolute atomic E-state index is 12.6. The molecular weight excluding hydrogens is 374 g/mol. The molecule has 0 unspecified atom stereocenters. The summed E-state index contributed by atoms with van der Waals surface area (Å²) in [6, 6.07) is 11.6. The number of esters is 1.